The molecule has 0 fully saturated rings. The second kappa shape index (κ2) is 12.0. The second-order valence-electron chi connectivity index (χ2n) is 15.6. The molecule has 0 radical (unpaired) electrons. The Balaban J connectivity index is 0.00000392. The molecule has 3 aromatic heterocycles. The Morgan fingerprint density at radius 3 is 2.06 bits per heavy atom. The van der Waals surface area contributed by atoms with Crippen LogP contribution in [0.3, 0.4) is 0 Å². The van der Waals surface area contributed by atoms with Gasteiger partial charge < -0.3 is 10.1 Å². The number of imidazole rings is 1. The van der Waals surface area contributed by atoms with Crippen molar-refractivity contribution in [3.8, 4) is 34.1 Å². The fraction of sp³-hybridized carbons (Fsp3) is 0.227. The zero-order valence-electron chi connectivity index (χ0n) is 29.8. The Kier molecular flexibility index (Phi) is 8.07. The van der Waals surface area contributed by atoms with Crippen LogP contribution >= 0.6 is 0 Å². The Labute approximate surface area is 307 Å². The van der Waals surface area contributed by atoms with E-state index in [2.05, 4.69) is 127 Å². The van der Waals surface area contributed by atoms with Gasteiger partial charge in [-0.2, -0.15) is 0 Å². The van der Waals surface area contributed by atoms with Crippen LogP contribution < -0.4 is 4.98 Å². The fourth-order valence-corrected chi connectivity index (χ4v) is 7.11. The first-order valence-electron chi connectivity index (χ1n) is 17.0. The van der Waals surface area contributed by atoms with Crippen LogP contribution in [0.5, 0.6) is 5.75 Å². The molecule has 0 amide bonds. The SMILES string of the molecule is Cc1cc(C)cc(-n2c(-c3cc(C(C)(C)C)cc4c3[n-]c3ccc(C(C)(C)C)cc34)nc3c(-c4ccc5cccc(O)c5n4)cccc32)c1.[Pt]. The summed E-state index contributed by atoms with van der Waals surface area (Å²) in [5.74, 6) is 1.00. The van der Waals surface area contributed by atoms with E-state index in [4.69, 9.17) is 15.0 Å². The molecular weight excluding hydrogens is 796 g/mol. The van der Waals surface area contributed by atoms with Gasteiger partial charge in [-0.15, -0.1) is 11.0 Å². The summed E-state index contributed by atoms with van der Waals surface area (Å²) < 4.78 is 2.29. The van der Waals surface area contributed by atoms with E-state index in [1.54, 1.807) is 6.07 Å². The molecule has 0 unspecified atom stereocenters. The fourth-order valence-electron chi connectivity index (χ4n) is 7.11. The van der Waals surface area contributed by atoms with Crippen LogP contribution in [-0.2, 0) is 31.9 Å². The summed E-state index contributed by atoms with van der Waals surface area (Å²) >= 11 is 0. The number of hydrogen-bond donors (Lipinski definition) is 1. The summed E-state index contributed by atoms with van der Waals surface area (Å²) in [4.78, 5) is 15.8. The third kappa shape index (κ3) is 5.62. The quantitative estimate of drug-likeness (QED) is 0.193. The molecular formula is C44H41N4OPt-. The van der Waals surface area contributed by atoms with E-state index in [-0.39, 0.29) is 37.6 Å². The number of phenolic OH excluding ortho intramolecular Hbond substituents is 1. The van der Waals surface area contributed by atoms with E-state index >= 15 is 0 Å². The van der Waals surface area contributed by atoms with Gasteiger partial charge in [0.05, 0.1) is 16.7 Å². The van der Waals surface area contributed by atoms with Crippen LogP contribution in [0.25, 0.3) is 72.1 Å². The summed E-state index contributed by atoms with van der Waals surface area (Å²) in [6, 6.07) is 33.8. The molecule has 0 aliphatic carbocycles. The van der Waals surface area contributed by atoms with Gasteiger partial charge in [0.2, 0.25) is 0 Å². The molecule has 5 nitrogen and oxygen atoms in total. The third-order valence-electron chi connectivity index (χ3n) is 9.73. The van der Waals surface area contributed by atoms with Crippen LogP contribution in [-0.4, -0.2) is 19.6 Å². The summed E-state index contributed by atoms with van der Waals surface area (Å²) in [5, 5.41) is 13.9. The van der Waals surface area contributed by atoms with Gasteiger partial charge >= 0.3 is 0 Å². The zero-order chi connectivity index (χ0) is 34.4. The molecule has 0 atom stereocenters. The topological polar surface area (TPSA) is 65.0 Å². The number of pyridine rings is 1. The summed E-state index contributed by atoms with van der Waals surface area (Å²) in [5.41, 5.74) is 12.9. The van der Waals surface area contributed by atoms with Crippen molar-refractivity contribution in [2.24, 2.45) is 0 Å². The molecule has 0 saturated heterocycles. The monoisotopic (exact) mass is 836 g/mol. The molecule has 0 spiro atoms. The Hall–Kier alpha value is -4.73. The maximum atomic E-state index is 10.7. The van der Waals surface area contributed by atoms with Crippen LogP contribution in [0, 0.1) is 13.8 Å². The predicted molar refractivity (Wildman–Crippen MR) is 204 cm³/mol. The maximum Gasteiger partial charge on any atom is 0.144 e. The normalized spacial score (nSPS) is 12.3. The molecule has 0 bridgehead atoms. The Morgan fingerprint density at radius 2 is 1.34 bits per heavy atom. The average molecular weight is 837 g/mol. The average Bonchev–Trinajstić information content (AvgIpc) is 3.61. The molecule has 1 N–H and O–H groups in total. The minimum absolute atomic E-state index is 0. The van der Waals surface area contributed by atoms with E-state index in [1.807, 2.05) is 24.3 Å². The molecule has 3 heterocycles. The Morgan fingerprint density at radius 1 is 0.640 bits per heavy atom. The van der Waals surface area contributed by atoms with Crippen LogP contribution in [0.4, 0.5) is 0 Å². The van der Waals surface area contributed by atoms with Crippen molar-refractivity contribution in [1.82, 2.24) is 19.5 Å². The predicted octanol–water partition coefficient (Wildman–Crippen LogP) is 11.1. The number of hydrogen-bond acceptors (Lipinski definition) is 3. The molecule has 8 aromatic rings. The number of para-hydroxylation sites is 2. The Bertz CT molecular complexity index is 2590. The smallest absolute Gasteiger partial charge is 0.144 e. The van der Waals surface area contributed by atoms with Crippen LogP contribution in [0.2, 0.25) is 0 Å². The molecule has 0 aliphatic heterocycles. The van der Waals surface area contributed by atoms with Crippen molar-refractivity contribution in [3.63, 3.8) is 0 Å². The third-order valence-corrected chi connectivity index (χ3v) is 9.73. The van der Waals surface area contributed by atoms with Gasteiger partial charge in [0.15, 0.2) is 0 Å². The van der Waals surface area contributed by atoms with Crippen molar-refractivity contribution in [2.45, 2.75) is 66.2 Å². The first-order chi connectivity index (χ1) is 23.3. The zero-order valence-corrected chi connectivity index (χ0v) is 32.1. The summed E-state index contributed by atoms with van der Waals surface area (Å²) in [6.45, 7) is 17.9. The van der Waals surface area contributed by atoms with Gasteiger partial charge in [-0.1, -0.05) is 102 Å². The summed E-state index contributed by atoms with van der Waals surface area (Å²) in [7, 11) is 0. The number of aromatic hydroxyl groups is 1. The van der Waals surface area contributed by atoms with Gasteiger partial charge in [0, 0.05) is 43.3 Å². The van der Waals surface area contributed by atoms with Gasteiger partial charge in [-0.25, -0.2) is 9.97 Å². The van der Waals surface area contributed by atoms with Gasteiger partial charge in [0.1, 0.15) is 17.1 Å². The molecule has 0 aliphatic rings. The number of nitrogens with zero attached hydrogens (tertiary/aromatic N) is 4. The van der Waals surface area contributed by atoms with Crippen molar-refractivity contribution in [1.29, 1.82) is 0 Å². The van der Waals surface area contributed by atoms with E-state index in [1.165, 1.54) is 27.6 Å². The standard InChI is InChI=1S/C44H41N4O.Pt/c1-25-19-26(2)21-30(20-25)48-37-13-10-12-31(35-17-15-27-11-9-14-38(49)39(27)45-35)41(37)47-42(48)34-24-29(44(6,7)8)23-33-32-22-28(43(3,4)5)16-18-36(32)46-40(33)34;/h9-24H,1-8H3,(H-,45,46,47,49);/q-1;. The minimum Gasteiger partial charge on any atom is -0.656 e. The van der Waals surface area contributed by atoms with Crippen LogP contribution in [0.15, 0.2) is 97.1 Å². The van der Waals surface area contributed by atoms with E-state index < -0.39 is 0 Å². The molecule has 254 valence electrons. The van der Waals surface area contributed by atoms with Gasteiger partial charge in [-0.3, -0.25) is 4.57 Å². The maximum absolute atomic E-state index is 10.7. The molecule has 6 heteroatoms. The molecule has 5 aromatic carbocycles. The van der Waals surface area contributed by atoms with E-state index in [9.17, 15) is 5.11 Å². The van der Waals surface area contributed by atoms with Crippen molar-refractivity contribution < 1.29 is 26.2 Å². The number of rotatable bonds is 3. The van der Waals surface area contributed by atoms with E-state index in [0.717, 1.165) is 61.2 Å². The summed E-state index contributed by atoms with van der Waals surface area (Å²) in [6.07, 6.45) is 0. The number of aryl methyl sites for hydroxylation is 2. The van der Waals surface area contributed by atoms with Crippen LogP contribution in [0.1, 0.15) is 63.8 Å². The second-order valence-corrected chi connectivity index (χ2v) is 15.6. The number of benzene rings is 5. The van der Waals surface area contributed by atoms with Gasteiger partial charge in [0.25, 0.3) is 0 Å². The molecule has 50 heavy (non-hydrogen) atoms. The van der Waals surface area contributed by atoms with Crippen molar-refractivity contribution >= 4 is 43.7 Å². The molecule has 0 saturated carbocycles. The van der Waals surface area contributed by atoms with Crippen molar-refractivity contribution in [2.75, 3.05) is 0 Å². The van der Waals surface area contributed by atoms with Crippen molar-refractivity contribution in [3.05, 3.63) is 119 Å². The number of phenols is 1. The first-order valence-corrected chi connectivity index (χ1v) is 17.0. The van der Waals surface area contributed by atoms with Gasteiger partial charge in [-0.05, 0) is 94.1 Å². The first kappa shape index (κ1) is 33.8. The van der Waals surface area contributed by atoms with E-state index in [0.29, 0.717) is 5.52 Å². The minimum atomic E-state index is -0.104. The number of fused-ring (bicyclic) bond motifs is 5. The number of aromatic nitrogens is 4. The largest absolute Gasteiger partial charge is 0.656 e. The molecule has 8 rings (SSSR count).